The maximum absolute atomic E-state index is 11.9. The van der Waals surface area contributed by atoms with E-state index in [4.69, 9.17) is 4.74 Å². The minimum absolute atomic E-state index is 0. The third-order valence-electron chi connectivity index (χ3n) is 4.34. The van der Waals surface area contributed by atoms with Gasteiger partial charge in [0.15, 0.2) is 5.96 Å². The smallest absolute Gasteiger partial charge is 0.309 e. The Morgan fingerprint density at radius 3 is 2.59 bits per heavy atom. The first-order valence-corrected chi connectivity index (χ1v) is 8.99. The first kappa shape index (κ1) is 23.1. The normalized spacial score (nSPS) is 15.0. The number of aliphatic imine (C=N–C) groups is 1. The molecule has 0 bridgehead atoms. The van der Waals surface area contributed by atoms with Crippen molar-refractivity contribution in [3.63, 3.8) is 0 Å². The minimum Gasteiger partial charge on any atom is -0.466 e. The van der Waals surface area contributed by atoms with Crippen LogP contribution >= 0.6 is 24.0 Å². The standard InChI is InChI=1S/C18H26N4O4.HI/c1-3-19-18(20-13-15-7-5-6-8-16(15)22(24)25)21-11-9-14(10-12-21)17(23)26-4-2;/h5-8,14H,3-4,9-13H2,1-2H3,(H,19,20);1H. The molecule has 0 radical (unpaired) electrons. The van der Waals surface area contributed by atoms with Crippen LogP contribution in [-0.4, -0.2) is 48.0 Å². The van der Waals surface area contributed by atoms with E-state index in [2.05, 4.69) is 15.2 Å². The summed E-state index contributed by atoms with van der Waals surface area (Å²) in [5.74, 6) is 0.520. The van der Waals surface area contributed by atoms with Gasteiger partial charge in [-0.1, -0.05) is 18.2 Å². The molecule has 1 fully saturated rings. The van der Waals surface area contributed by atoms with Gasteiger partial charge in [0, 0.05) is 25.7 Å². The molecule has 1 aliphatic heterocycles. The summed E-state index contributed by atoms with van der Waals surface area (Å²) in [7, 11) is 0. The average Bonchev–Trinajstić information content (AvgIpc) is 2.65. The van der Waals surface area contributed by atoms with Gasteiger partial charge >= 0.3 is 5.97 Å². The summed E-state index contributed by atoms with van der Waals surface area (Å²) in [6.07, 6.45) is 1.43. The first-order chi connectivity index (χ1) is 12.6. The van der Waals surface area contributed by atoms with E-state index in [0.29, 0.717) is 50.6 Å². The lowest BCUT2D eigenvalue weighted by atomic mass is 9.97. The molecule has 1 aromatic rings. The van der Waals surface area contributed by atoms with Crippen LogP contribution in [0.2, 0.25) is 0 Å². The Kier molecular flexibility index (Phi) is 10.0. The molecule has 0 saturated carbocycles. The van der Waals surface area contributed by atoms with Gasteiger partial charge in [0.2, 0.25) is 0 Å². The Morgan fingerprint density at radius 1 is 1.33 bits per heavy atom. The predicted octanol–water partition coefficient (Wildman–Crippen LogP) is 2.95. The Balaban J connectivity index is 0.00000364. The number of guanidine groups is 1. The number of nitrogens with zero attached hydrogens (tertiary/aromatic N) is 3. The van der Waals surface area contributed by atoms with Gasteiger partial charge in [-0.05, 0) is 26.7 Å². The second kappa shape index (κ2) is 11.7. The Morgan fingerprint density at radius 2 is 2.00 bits per heavy atom. The van der Waals surface area contributed by atoms with Gasteiger partial charge in [-0.3, -0.25) is 14.9 Å². The van der Waals surface area contributed by atoms with Gasteiger partial charge in [0.25, 0.3) is 5.69 Å². The largest absolute Gasteiger partial charge is 0.466 e. The highest BCUT2D eigenvalue weighted by molar-refractivity contribution is 14.0. The summed E-state index contributed by atoms with van der Waals surface area (Å²) in [5, 5.41) is 14.4. The number of carbonyl (C=O) groups excluding carboxylic acids is 1. The third kappa shape index (κ3) is 6.64. The maximum Gasteiger partial charge on any atom is 0.309 e. The molecule has 0 aliphatic carbocycles. The molecule has 1 N–H and O–H groups in total. The molecule has 0 spiro atoms. The Labute approximate surface area is 176 Å². The van der Waals surface area contributed by atoms with Crippen LogP contribution in [0.4, 0.5) is 5.69 Å². The lowest BCUT2D eigenvalue weighted by Gasteiger charge is -2.33. The van der Waals surface area contributed by atoms with Crippen LogP contribution in [-0.2, 0) is 16.1 Å². The van der Waals surface area contributed by atoms with E-state index in [1.807, 2.05) is 13.8 Å². The molecule has 1 aliphatic rings. The average molecular weight is 490 g/mol. The van der Waals surface area contributed by atoms with E-state index >= 15 is 0 Å². The maximum atomic E-state index is 11.9. The van der Waals surface area contributed by atoms with Crippen molar-refractivity contribution in [2.45, 2.75) is 33.2 Å². The molecule has 150 valence electrons. The van der Waals surface area contributed by atoms with Crippen molar-refractivity contribution in [2.24, 2.45) is 10.9 Å². The number of benzene rings is 1. The molecule has 2 rings (SSSR count). The number of likely N-dealkylation sites (tertiary alicyclic amines) is 1. The molecule has 1 saturated heterocycles. The lowest BCUT2D eigenvalue weighted by Crippen LogP contribution is -2.46. The van der Waals surface area contributed by atoms with Crippen LogP contribution in [0, 0.1) is 16.0 Å². The highest BCUT2D eigenvalue weighted by Gasteiger charge is 2.27. The van der Waals surface area contributed by atoms with Crippen molar-refractivity contribution in [3.8, 4) is 0 Å². The number of carbonyl (C=O) groups is 1. The van der Waals surface area contributed by atoms with Gasteiger partial charge in [-0.15, -0.1) is 24.0 Å². The van der Waals surface area contributed by atoms with Crippen molar-refractivity contribution in [3.05, 3.63) is 39.9 Å². The highest BCUT2D eigenvalue weighted by Crippen LogP contribution is 2.21. The number of nitrogens with one attached hydrogen (secondary N) is 1. The van der Waals surface area contributed by atoms with Crippen molar-refractivity contribution >= 4 is 41.6 Å². The summed E-state index contributed by atoms with van der Waals surface area (Å²) in [5.41, 5.74) is 0.655. The van der Waals surface area contributed by atoms with E-state index in [1.54, 1.807) is 18.2 Å². The fourth-order valence-electron chi connectivity index (χ4n) is 3.00. The lowest BCUT2D eigenvalue weighted by molar-refractivity contribution is -0.385. The van der Waals surface area contributed by atoms with Crippen LogP contribution < -0.4 is 5.32 Å². The quantitative estimate of drug-likeness (QED) is 0.165. The van der Waals surface area contributed by atoms with Crippen molar-refractivity contribution in [2.75, 3.05) is 26.2 Å². The molecule has 9 heteroatoms. The predicted molar refractivity (Wildman–Crippen MR) is 114 cm³/mol. The fraction of sp³-hybridized carbons (Fsp3) is 0.556. The van der Waals surface area contributed by atoms with E-state index in [0.717, 1.165) is 0 Å². The molecule has 8 nitrogen and oxygen atoms in total. The zero-order valence-corrected chi connectivity index (χ0v) is 18.0. The monoisotopic (exact) mass is 490 g/mol. The van der Waals surface area contributed by atoms with E-state index in [1.165, 1.54) is 6.07 Å². The number of esters is 1. The van der Waals surface area contributed by atoms with E-state index < -0.39 is 0 Å². The molecule has 27 heavy (non-hydrogen) atoms. The van der Waals surface area contributed by atoms with Crippen molar-refractivity contribution < 1.29 is 14.5 Å². The van der Waals surface area contributed by atoms with Crippen LogP contribution in [0.15, 0.2) is 29.3 Å². The number of nitro benzene ring substituents is 1. The topological polar surface area (TPSA) is 97.1 Å². The molecule has 0 aromatic heterocycles. The van der Waals surface area contributed by atoms with Crippen molar-refractivity contribution in [1.29, 1.82) is 0 Å². The summed E-state index contributed by atoms with van der Waals surface area (Å²) < 4.78 is 5.10. The molecule has 0 unspecified atom stereocenters. The first-order valence-electron chi connectivity index (χ1n) is 8.99. The summed E-state index contributed by atoms with van der Waals surface area (Å²) in [6, 6.07) is 6.63. The molecule has 1 heterocycles. The number of hydrogen-bond acceptors (Lipinski definition) is 5. The number of hydrogen-bond donors (Lipinski definition) is 1. The van der Waals surface area contributed by atoms with Gasteiger partial charge in [0.1, 0.15) is 0 Å². The fourth-order valence-corrected chi connectivity index (χ4v) is 3.00. The molecular weight excluding hydrogens is 463 g/mol. The van der Waals surface area contributed by atoms with Crippen LogP contribution in [0.1, 0.15) is 32.3 Å². The number of nitro groups is 1. The van der Waals surface area contributed by atoms with Crippen LogP contribution in [0.5, 0.6) is 0 Å². The summed E-state index contributed by atoms with van der Waals surface area (Å²) in [6.45, 7) is 6.53. The zero-order valence-electron chi connectivity index (χ0n) is 15.7. The van der Waals surface area contributed by atoms with E-state index in [-0.39, 0.29) is 53.0 Å². The second-order valence-electron chi connectivity index (χ2n) is 6.07. The second-order valence-corrected chi connectivity index (χ2v) is 6.07. The van der Waals surface area contributed by atoms with Gasteiger partial charge in [0.05, 0.1) is 29.6 Å². The van der Waals surface area contributed by atoms with Crippen molar-refractivity contribution in [1.82, 2.24) is 10.2 Å². The minimum atomic E-state index is -0.386. The third-order valence-corrected chi connectivity index (χ3v) is 4.34. The van der Waals surface area contributed by atoms with Gasteiger partial charge in [-0.2, -0.15) is 0 Å². The number of piperidine rings is 1. The molecular formula is C18H27IN4O4. The number of halogens is 1. The summed E-state index contributed by atoms with van der Waals surface area (Å²) in [4.78, 5) is 29.3. The molecule has 0 amide bonds. The highest BCUT2D eigenvalue weighted by atomic mass is 127. The number of ether oxygens (including phenoxy) is 1. The van der Waals surface area contributed by atoms with E-state index in [9.17, 15) is 14.9 Å². The van der Waals surface area contributed by atoms with Crippen LogP contribution in [0.25, 0.3) is 0 Å². The number of rotatable bonds is 6. The summed E-state index contributed by atoms with van der Waals surface area (Å²) >= 11 is 0. The van der Waals surface area contributed by atoms with Crippen LogP contribution in [0.3, 0.4) is 0 Å². The SMILES string of the molecule is CCNC(=NCc1ccccc1[N+](=O)[O-])N1CCC(C(=O)OCC)CC1.I. The zero-order chi connectivity index (χ0) is 18.9. The Bertz CT molecular complexity index is 661. The van der Waals surface area contributed by atoms with Gasteiger partial charge in [-0.25, -0.2) is 4.99 Å². The Hall–Kier alpha value is -1.91. The van der Waals surface area contributed by atoms with Gasteiger partial charge < -0.3 is 15.0 Å². The molecule has 0 atom stereocenters. The number of para-hydroxylation sites is 1. The molecule has 1 aromatic carbocycles.